The van der Waals surface area contributed by atoms with Gasteiger partial charge in [-0.05, 0) is 43.5 Å². The van der Waals surface area contributed by atoms with E-state index in [0.717, 1.165) is 12.0 Å². The number of rotatable bonds is 11. The van der Waals surface area contributed by atoms with Gasteiger partial charge in [-0.3, -0.25) is 4.79 Å². The van der Waals surface area contributed by atoms with E-state index < -0.39 is 18.0 Å². The number of nitrogens with one attached hydrogen (secondary N) is 3. The Labute approximate surface area is 211 Å². The molecule has 2 aromatic carbocycles. The third-order valence-electron chi connectivity index (χ3n) is 5.71. The number of benzene rings is 2. The maximum absolute atomic E-state index is 12.8. The van der Waals surface area contributed by atoms with Gasteiger partial charge in [0.05, 0.1) is 31.4 Å². The van der Waals surface area contributed by atoms with Crippen LogP contribution < -0.4 is 25.4 Å². The molecule has 0 aliphatic carbocycles. The molecule has 0 spiro atoms. The Kier molecular flexibility index (Phi) is 9.32. The molecule has 9 nitrogen and oxygen atoms in total. The number of methoxy groups -OCH3 is 1. The average Bonchev–Trinajstić information content (AvgIpc) is 2.87. The van der Waals surface area contributed by atoms with Gasteiger partial charge < -0.3 is 30.2 Å². The fourth-order valence-electron chi connectivity index (χ4n) is 4.00. The van der Waals surface area contributed by atoms with Gasteiger partial charge in [-0.15, -0.1) is 0 Å². The second-order valence-electron chi connectivity index (χ2n) is 8.29. The first kappa shape index (κ1) is 26.6. The van der Waals surface area contributed by atoms with Gasteiger partial charge in [0.25, 0.3) is 5.91 Å². The molecule has 3 N–H and O–H groups in total. The van der Waals surface area contributed by atoms with Crippen LogP contribution in [0, 0.1) is 0 Å². The zero-order valence-electron chi connectivity index (χ0n) is 21.1. The maximum Gasteiger partial charge on any atom is 0.338 e. The molecule has 0 bridgehead atoms. The summed E-state index contributed by atoms with van der Waals surface area (Å²) in [6.07, 6.45) is 1.26. The molecule has 0 unspecified atom stereocenters. The van der Waals surface area contributed by atoms with Crippen LogP contribution in [-0.4, -0.2) is 38.2 Å². The van der Waals surface area contributed by atoms with Crippen molar-refractivity contribution in [2.45, 2.75) is 45.7 Å². The Morgan fingerprint density at radius 2 is 1.83 bits per heavy atom. The van der Waals surface area contributed by atoms with Crippen molar-refractivity contribution < 1.29 is 28.6 Å². The molecule has 2 aromatic rings. The largest absolute Gasteiger partial charge is 0.493 e. The molecule has 0 fully saturated rings. The molecule has 2 atom stereocenters. The predicted molar refractivity (Wildman–Crippen MR) is 134 cm³/mol. The van der Waals surface area contributed by atoms with Gasteiger partial charge in [0, 0.05) is 5.70 Å². The molecular weight excluding hydrogens is 462 g/mol. The van der Waals surface area contributed by atoms with Gasteiger partial charge in [0.1, 0.15) is 0 Å². The molecular formula is C27H33N3O6. The Hall–Kier alpha value is -4.01. The highest BCUT2D eigenvalue weighted by Gasteiger charge is 2.33. The van der Waals surface area contributed by atoms with E-state index in [9.17, 15) is 14.4 Å². The van der Waals surface area contributed by atoms with Crippen LogP contribution in [0.15, 0.2) is 59.8 Å². The van der Waals surface area contributed by atoms with Crippen LogP contribution in [0.3, 0.4) is 0 Å². The normalized spacial score (nSPS) is 15.9. The van der Waals surface area contributed by atoms with E-state index in [0.29, 0.717) is 34.8 Å². The quantitative estimate of drug-likeness (QED) is 0.407. The minimum absolute atomic E-state index is 0.166. The monoisotopic (exact) mass is 495 g/mol. The Balaban J connectivity index is 1.78. The number of allylic oxidation sites excluding steroid dienone is 1. The highest BCUT2D eigenvalue weighted by Crippen LogP contribution is 2.35. The van der Waals surface area contributed by atoms with Crippen LogP contribution in [0.25, 0.3) is 0 Å². The van der Waals surface area contributed by atoms with Gasteiger partial charge in [-0.2, -0.15) is 0 Å². The molecule has 1 aliphatic heterocycles. The molecule has 0 aromatic heterocycles. The summed E-state index contributed by atoms with van der Waals surface area (Å²) in [7, 11) is 1.48. The van der Waals surface area contributed by atoms with Crippen molar-refractivity contribution in [3.8, 4) is 11.5 Å². The molecule has 0 saturated carbocycles. The first-order valence-corrected chi connectivity index (χ1v) is 12.0. The minimum atomic E-state index is -0.725. The van der Waals surface area contributed by atoms with Crippen molar-refractivity contribution in [2.24, 2.45) is 0 Å². The number of carbonyl (C=O) groups excluding carboxylic acids is 3. The molecule has 1 heterocycles. The zero-order valence-corrected chi connectivity index (χ0v) is 21.1. The molecule has 1 aliphatic rings. The first-order chi connectivity index (χ1) is 17.4. The van der Waals surface area contributed by atoms with Crippen molar-refractivity contribution in [3.05, 3.63) is 70.9 Å². The van der Waals surface area contributed by atoms with E-state index in [2.05, 4.69) is 16.0 Å². The maximum atomic E-state index is 12.8. The molecule has 3 amide bonds. The molecule has 0 radical (unpaired) electrons. The van der Waals surface area contributed by atoms with E-state index in [4.69, 9.17) is 14.2 Å². The fraction of sp³-hybridized carbons (Fsp3) is 0.370. The van der Waals surface area contributed by atoms with E-state index in [-0.39, 0.29) is 25.2 Å². The first-order valence-electron chi connectivity index (χ1n) is 12.0. The summed E-state index contributed by atoms with van der Waals surface area (Å²) in [6.45, 7) is 5.60. The summed E-state index contributed by atoms with van der Waals surface area (Å²) in [5.41, 5.74) is 2.49. The van der Waals surface area contributed by atoms with Gasteiger partial charge in [0.2, 0.25) is 0 Å². The second kappa shape index (κ2) is 12.6. The average molecular weight is 496 g/mol. The number of esters is 1. The van der Waals surface area contributed by atoms with Gasteiger partial charge >= 0.3 is 12.0 Å². The van der Waals surface area contributed by atoms with E-state index >= 15 is 0 Å². The molecule has 9 heteroatoms. The van der Waals surface area contributed by atoms with E-state index in [1.54, 1.807) is 25.1 Å². The predicted octanol–water partition coefficient (Wildman–Crippen LogP) is 3.92. The highest BCUT2D eigenvalue weighted by molar-refractivity contribution is 5.95. The standard InChI is InChI=1S/C27H33N3O6/c1-5-10-20-24(26(32)35-6-2)25(30-27(33)29-20)19-13-14-21(22(15-19)34-4)36-16-23(31)28-17(3)18-11-8-7-9-12-18/h7-9,11-15,17,25H,5-6,10,16H2,1-4H3,(H,28,31)(H2,29,30,33)/t17-,25-/m1/s1. The fourth-order valence-corrected chi connectivity index (χ4v) is 4.00. The Bertz CT molecular complexity index is 1120. The number of amides is 3. The van der Waals surface area contributed by atoms with Gasteiger partial charge in [-0.25, -0.2) is 9.59 Å². The van der Waals surface area contributed by atoms with Gasteiger partial charge in [-0.1, -0.05) is 49.7 Å². The highest BCUT2D eigenvalue weighted by atomic mass is 16.5. The van der Waals surface area contributed by atoms with Crippen LogP contribution in [0.2, 0.25) is 0 Å². The van der Waals surface area contributed by atoms with Crippen LogP contribution >= 0.6 is 0 Å². The summed E-state index contributed by atoms with van der Waals surface area (Å²) >= 11 is 0. The Morgan fingerprint density at radius 3 is 2.50 bits per heavy atom. The van der Waals surface area contributed by atoms with Crippen molar-refractivity contribution in [2.75, 3.05) is 20.3 Å². The summed E-state index contributed by atoms with van der Waals surface area (Å²) < 4.78 is 16.5. The van der Waals surface area contributed by atoms with Crippen molar-refractivity contribution in [1.82, 2.24) is 16.0 Å². The zero-order chi connectivity index (χ0) is 26.1. The summed E-state index contributed by atoms with van der Waals surface area (Å²) in [4.78, 5) is 37.6. The third kappa shape index (κ3) is 6.56. The number of ether oxygens (including phenoxy) is 3. The molecule has 0 saturated heterocycles. The summed E-state index contributed by atoms with van der Waals surface area (Å²) in [5, 5.41) is 8.44. The van der Waals surface area contributed by atoms with E-state index in [1.165, 1.54) is 7.11 Å². The molecule has 192 valence electrons. The van der Waals surface area contributed by atoms with Crippen LogP contribution in [0.5, 0.6) is 11.5 Å². The number of urea groups is 1. The smallest absolute Gasteiger partial charge is 0.338 e. The van der Waals surface area contributed by atoms with Crippen molar-refractivity contribution in [3.63, 3.8) is 0 Å². The minimum Gasteiger partial charge on any atom is -0.493 e. The summed E-state index contributed by atoms with van der Waals surface area (Å²) in [6, 6.07) is 13.4. The topological polar surface area (TPSA) is 115 Å². The number of hydrogen-bond donors (Lipinski definition) is 3. The lowest BCUT2D eigenvalue weighted by molar-refractivity contribution is -0.139. The van der Waals surface area contributed by atoms with Gasteiger partial charge in [0.15, 0.2) is 18.1 Å². The third-order valence-corrected chi connectivity index (χ3v) is 5.71. The van der Waals surface area contributed by atoms with E-state index in [1.807, 2.05) is 44.2 Å². The van der Waals surface area contributed by atoms with Crippen LogP contribution in [0.1, 0.15) is 56.8 Å². The molecule has 3 rings (SSSR count). The summed E-state index contributed by atoms with van der Waals surface area (Å²) in [5.74, 6) is -0.0503. The van der Waals surface area contributed by atoms with Crippen molar-refractivity contribution in [1.29, 1.82) is 0 Å². The number of carbonyl (C=O) groups is 3. The lowest BCUT2D eigenvalue weighted by atomic mass is 9.93. The van der Waals surface area contributed by atoms with Crippen LogP contribution in [-0.2, 0) is 14.3 Å². The Morgan fingerprint density at radius 1 is 1.08 bits per heavy atom. The molecule has 36 heavy (non-hydrogen) atoms. The second-order valence-corrected chi connectivity index (χ2v) is 8.29. The van der Waals surface area contributed by atoms with Crippen LogP contribution in [0.4, 0.5) is 4.79 Å². The van der Waals surface area contributed by atoms with Crippen molar-refractivity contribution >= 4 is 17.9 Å². The number of hydrogen-bond acceptors (Lipinski definition) is 6. The lowest BCUT2D eigenvalue weighted by Crippen LogP contribution is -2.46. The lowest BCUT2D eigenvalue weighted by Gasteiger charge is -2.29. The SMILES string of the molecule is CCCC1=C(C(=O)OCC)[C@@H](c2ccc(OCC(=O)N[C@H](C)c3ccccc3)c(OC)c2)NC(=O)N1.